The fourth-order valence-electron chi connectivity index (χ4n) is 1.69. The van der Waals surface area contributed by atoms with Crippen molar-refractivity contribution in [3.63, 3.8) is 0 Å². The van der Waals surface area contributed by atoms with Gasteiger partial charge in [0.15, 0.2) is 0 Å². The summed E-state index contributed by atoms with van der Waals surface area (Å²) in [5.74, 6) is 1.84. The van der Waals surface area contributed by atoms with Gasteiger partial charge in [0.05, 0.1) is 7.11 Å². The van der Waals surface area contributed by atoms with Crippen LogP contribution in [0.3, 0.4) is 0 Å². The summed E-state index contributed by atoms with van der Waals surface area (Å²) < 4.78 is 15.8. The molecule has 5 heteroatoms. The predicted octanol–water partition coefficient (Wildman–Crippen LogP) is 2.94. The molecule has 0 bridgehead atoms. The van der Waals surface area contributed by atoms with Crippen LogP contribution < -0.4 is 4.74 Å². The molecule has 1 aromatic carbocycles. The Balaban J connectivity index is 2.36. The molecule has 0 saturated heterocycles. The predicted molar refractivity (Wildman–Crippen MR) is 71.1 cm³/mol. The van der Waals surface area contributed by atoms with Gasteiger partial charge in [0, 0.05) is 12.7 Å². The summed E-state index contributed by atoms with van der Waals surface area (Å²) in [6.45, 7) is 5.73. The second-order valence-corrected chi connectivity index (χ2v) is 4.82. The van der Waals surface area contributed by atoms with E-state index in [9.17, 15) is 0 Å². The van der Waals surface area contributed by atoms with E-state index in [0.717, 1.165) is 16.9 Å². The van der Waals surface area contributed by atoms with Crippen molar-refractivity contribution < 1.29 is 14.0 Å². The molecule has 0 spiro atoms. The Labute approximate surface area is 112 Å². The molecule has 2 aromatic rings. The third-order valence-electron chi connectivity index (χ3n) is 3.10. The molecular formula is C14H18N2O3. The first-order valence-corrected chi connectivity index (χ1v) is 6.02. The van der Waals surface area contributed by atoms with E-state index in [0.29, 0.717) is 11.7 Å². The second-order valence-electron chi connectivity index (χ2n) is 4.82. The van der Waals surface area contributed by atoms with Gasteiger partial charge in [-0.2, -0.15) is 4.98 Å². The number of methoxy groups -OCH3 is 2. The van der Waals surface area contributed by atoms with E-state index in [1.807, 2.05) is 39.0 Å². The normalized spacial score (nSPS) is 11.6. The average molecular weight is 262 g/mol. The molecule has 0 atom stereocenters. The van der Waals surface area contributed by atoms with Gasteiger partial charge in [-0.05, 0) is 44.5 Å². The maximum Gasteiger partial charge on any atom is 0.258 e. The van der Waals surface area contributed by atoms with Gasteiger partial charge in [0.2, 0.25) is 5.82 Å². The molecular weight excluding hydrogens is 244 g/mol. The van der Waals surface area contributed by atoms with Gasteiger partial charge in [-0.15, -0.1) is 0 Å². The van der Waals surface area contributed by atoms with Gasteiger partial charge >= 0.3 is 0 Å². The van der Waals surface area contributed by atoms with E-state index < -0.39 is 5.60 Å². The molecule has 0 fully saturated rings. The van der Waals surface area contributed by atoms with Gasteiger partial charge in [0.25, 0.3) is 5.89 Å². The highest BCUT2D eigenvalue weighted by Crippen LogP contribution is 2.27. The molecule has 0 N–H and O–H groups in total. The molecule has 102 valence electrons. The maximum absolute atomic E-state index is 5.32. The molecule has 1 heterocycles. The Morgan fingerprint density at radius 3 is 2.53 bits per heavy atom. The van der Waals surface area contributed by atoms with Crippen molar-refractivity contribution >= 4 is 0 Å². The summed E-state index contributed by atoms with van der Waals surface area (Å²) in [6.07, 6.45) is 0. The third kappa shape index (κ3) is 2.61. The molecule has 0 unspecified atom stereocenters. The van der Waals surface area contributed by atoms with Gasteiger partial charge in [-0.3, -0.25) is 0 Å². The number of rotatable bonds is 4. The van der Waals surface area contributed by atoms with Gasteiger partial charge in [-0.25, -0.2) is 0 Å². The van der Waals surface area contributed by atoms with E-state index in [2.05, 4.69) is 10.1 Å². The molecule has 0 aliphatic carbocycles. The zero-order valence-corrected chi connectivity index (χ0v) is 11.9. The quantitative estimate of drug-likeness (QED) is 0.847. The summed E-state index contributed by atoms with van der Waals surface area (Å²) in [5.41, 5.74) is 1.32. The SMILES string of the molecule is COc1ccc(-c2noc(C(C)(C)OC)n2)cc1C. The highest BCUT2D eigenvalue weighted by molar-refractivity contribution is 5.58. The monoisotopic (exact) mass is 262 g/mol. The van der Waals surface area contributed by atoms with E-state index in [1.54, 1.807) is 14.2 Å². The summed E-state index contributed by atoms with van der Waals surface area (Å²) in [7, 11) is 3.26. The minimum absolute atomic E-state index is 0.457. The zero-order chi connectivity index (χ0) is 14.0. The van der Waals surface area contributed by atoms with E-state index in [-0.39, 0.29) is 0 Å². The summed E-state index contributed by atoms with van der Waals surface area (Å²) in [4.78, 5) is 4.38. The van der Waals surface area contributed by atoms with Crippen LogP contribution in [0.15, 0.2) is 22.7 Å². The van der Waals surface area contributed by atoms with Crippen molar-refractivity contribution in [1.82, 2.24) is 10.1 Å². The lowest BCUT2D eigenvalue weighted by molar-refractivity contribution is -0.00786. The summed E-state index contributed by atoms with van der Waals surface area (Å²) in [5, 5.41) is 3.99. The number of hydrogen-bond acceptors (Lipinski definition) is 5. The Bertz CT molecular complexity index is 576. The van der Waals surface area contributed by atoms with Crippen molar-refractivity contribution in [2.24, 2.45) is 0 Å². The fourth-order valence-corrected chi connectivity index (χ4v) is 1.69. The smallest absolute Gasteiger partial charge is 0.258 e. The molecule has 0 aliphatic heterocycles. The van der Waals surface area contributed by atoms with Gasteiger partial charge < -0.3 is 14.0 Å². The largest absolute Gasteiger partial charge is 0.496 e. The van der Waals surface area contributed by atoms with Crippen LogP contribution in [0, 0.1) is 6.92 Å². The van der Waals surface area contributed by atoms with E-state index in [1.165, 1.54) is 0 Å². The number of aromatic nitrogens is 2. The second kappa shape index (κ2) is 5.01. The zero-order valence-electron chi connectivity index (χ0n) is 11.9. The number of aryl methyl sites for hydroxylation is 1. The molecule has 0 saturated carbocycles. The minimum Gasteiger partial charge on any atom is -0.496 e. The van der Waals surface area contributed by atoms with Crippen LogP contribution in [0.1, 0.15) is 25.3 Å². The standard InChI is InChI=1S/C14H18N2O3/c1-9-8-10(6-7-11(9)17-4)12-15-13(19-16-12)14(2,3)18-5/h6-8H,1-5H3. The first-order valence-electron chi connectivity index (χ1n) is 6.02. The Hall–Kier alpha value is -1.88. The number of ether oxygens (including phenoxy) is 2. The fraction of sp³-hybridized carbons (Fsp3) is 0.429. The molecule has 19 heavy (non-hydrogen) atoms. The first kappa shape index (κ1) is 13.5. The van der Waals surface area contributed by atoms with Crippen molar-refractivity contribution in [1.29, 1.82) is 0 Å². The first-order chi connectivity index (χ1) is 8.97. The minimum atomic E-state index is -0.591. The van der Waals surface area contributed by atoms with Crippen LogP contribution >= 0.6 is 0 Å². The van der Waals surface area contributed by atoms with Crippen LogP contribution in [0.25, 0.3) is 11.4 Å². The van der Waals surface area contributed by atoms with E-state index >= 15 is 0 Å². The van der Waals surface area contributed by atoms with Crippen LogP contribution in [-0.4, -0.2) is 24.4 Å². The average Bonchev–Trinajstić information content (AvgIpc) is 2.89. The number of hydrogen-bond donors (Lipinski definition) is 0. The topological polar surface area (TPSA) is 57.4 Å². The van der Waals surface area contributed by atoms with Crippen molar-refractivity contribution in [3.05, 3.63) is 29.7 Å². The lowest BCUT2D eigenvalue weighted by Gasteiger charge is -2.16. The van der Waals surface area contributed by atoms with Crippen molar-refractivity contribution in [3.8, 4) is 17.1 Å². The highest BCUT2D eigenvalue weighted by Gasteiger charge is 2.27. The van der Waals surface area contributed by atoms with Crippen LogP contribution in [0.4, 0.5) is 0 Å². The number of benzene rings is 1. The third-order valence-corrected chi connectivity index (χ3v) is 3.10. The van der Waals surface area contributed by atoms with Crippen LogP contribution in [0.2, 0.25) is 0 Å². The van der Waals surface area contributed by atoms with Crippen LogP contribution in [-0.2, 0) is 10.3 Å². The molecule has 1 aromatic heterocycles. The summed E-state index contributed by atoms with van der Waals surface area (Å²) in [6, 6.07) is 5.76. The maximum atomic E-state index is 5.32. The summed E-state index contributed by atoms with van der Waals surface area (Å²) >= 11 is 0. The highest BCUT2D eigenvalue weighted by atomic mass is 16.5. The Kier molecular flexibility index (Phi) is 3.57. The molecule has 0 radical (unpaired) electrons. The lowest BCUT2D eigenvalue weighted by Crippen LogP contribution is -2.19. The Morgan fingerprint density at radius 1 is 1.21 bits per heavy atom. The van der Waals surface area contributed by atoms with Gasteiger partial charge in [-0.1, -0.05) is 5.16 Å². The Morgan fingerprint density at radius 2 is 1.95 bits per heavy atom. The van der Waals surface area contributed by atoms with Crippen molar-refractivity contribution in [2.75, 3.05) is 14.2 Å². The molecule has 5 nitrogen and oxygen atoms in total. The van der Waals surface area contributed by atoms with E-state index in [4.69, 9.17) is 14.0 Å². The molecule has 0 amide bonds. The number of nitrogens with zero attached hydrogens (tertiary/aromatic N) is 2. The van der Waals surface area contributed by atoms with Crippen LogP contribution in [0.5, 0.6) is 5.75 Å². The van der Waals surface area contributed by atoms with Gasteiger partial charge in [0.1, 0.15) is 11.4 Å². The molecule has 2 rings (SSSR count). The molecule has 0 aliphatic rings. The van der Waals surface area contributed by atoms with Crippen molar-refractivity contribution in [2.45, 2.75) is 26.4 Å². The lowest BCUT2D eigenvalue weighted by atomic mass is 10.1.